The Balaban J connectivity index is 1.14. The van der Waals surface area contributed by atoms with Crippen LogP contribution in [0.3, 0.4) is 0 Å². The van der Waals surface area contributed by atoms with Gasteiger partial charge >= 0.3 is 0 Å². The number of nitrogens with zero attached hydrogens (tertiary/aromatic N) is 3. The van der Waals surface area contributed by atoms with Crippen LogP contribution < -0.4 is 0 Å². The topological polar surface area (TPSA) is 14.8 Å². The predicted octanol–water partition coefficient (Wildman–Crippen LogP) is 18.4. The zero-order valence-corrected chi connectivity index (χ0v) is 43.8. The normalized spacial score (nSPS) is 14.7. The molecule has 2 aliphatic rings. The molecule has 0 aliphatic heterocycles. The van der Waals surface area contributed by atoms with Gasteiger partial charge < -0.3 is 13.7 Å². The Morgan fingerprint density at radius 1 is 0.338 bits per heavy atom. The van der Waals surface area contributed by atoms with Crippen molar-refractivity contribution in [1.82, 2.24) is 13.7 Å². The fourth-order valence-electron chi connectivity index (χ4n) is 11.5. The summed E-state index contributed by atoms with van der Waals surface area (Å²) in [5.74, 6) is 0. The molecule has 0 amide bonds. The Labute approximate surface area is 420 Å². The molecule has 354 valence electrons. The maximum absolute atomic E-state index is 2.59. The molecule has 0 saturated carbocycles. The Bertz CT molecular complexity index is 3660. The van der Waals surface area contributed by atoms with Gasteiger partial charge in [-0.05, 0) is 187 Å². The number of allylic oxidation sites excluding steroid dienone is 6. The van der Waals surface area contributed by atoms with Crippen LogP contribution in [-0.2, 0) is 34.5 Å². The second-order valence-electron chi connectivity index (χ2n) is 24.7. The number of hydrogen-bond donors (Lipinski definition) is 0. The van der Waals surface area contributed by atoms with Crippen LogP contribution in [0.15, 0.2) is 152 Å². The third-order valence-electron chi connectivity index (χ3n) is 15.7. The van der Waals surface area contributed by atoms with E-state index in [0.717, 1.165) is 12.8 Å². The van der Waals surface area contributed by atoms with Gasteiger partial charge in [-0.1, -0.05) is 150 Å². The van der Waals surface area contributed by atoms with Gasteiger partial charge in [0, 0.05) is 38.6 Å². The first kappa shape index (κ1) is 45.1. The van der Waals surface area contributed by atoms with Gasteiger partial charge in [0.05, 0.1) is 33.5 Å². The minimum absolute atomic E-state index is 0.0240. The molecule has 0 saturated heterocycles. The molecular formula is C68H67N3. The summed E-state index contributed by atoms with van der Waals surface area (Å²) in [5.41, 5.74) is 19.2. The van der Waals surface area contributed by atoms with Crippen molar-refractivity contribution in [3.05, 3.63) is 196 Å². The summed E-state index contributed by atoms with van der Waals surface area (Å²) < 4.78 is 7.65. The van der Waals surface area contributed by atoms with Crippen LogP contribution in [0.2, 0.25) is 0 Å². The molecule has 0 bridgehead atoms. The van der Waals surface area contributed by atoms with Crippen molar-refractivity contribution in [3.8, 4) is 5.69 Å². The summed E-state index contributed by atoms with van der Waals surface area (Å²) in [6, 6.07) is 49.2. The molecule has 3 nitrogen and oxygen atoms in total. The van der Waals surface area contributed by atoms with Crippen molar-refractivity contribution in [1.29, 1.82) is 0 Å². The molecular weight excluding hydrogens is 859 g/mol. The highest BCUT2D eigenvalue weighted by molar-refractivity contribution is 6.13. The van der Waals surface area contributed by atoms with E-state index in [-0.39, 0.29) is 21.7 Å². The third-order valence-corrected chi connectivity index (χ3v) is 15.7. The van der Waals surface area contributed by atoms with Crippen molar-refractivity contribution in [2.45, 2.75) is 118 Å². The number of hydrogen-bond acceptors (Lipinski definition) is 0. The monoisotopic (exact) mass is 926 g/mol. The van der Waals surface area contributed by atoms with Crippen molar-refractivity contribution >= 4 is 88.7 Å². The first-order valence-corrected chi connectivity index (χ1v) is 25.9. The van der Waals surface area contributed by atoms with Crippen LogP contribution in [0.1, 0.15) is 128 Å². The highest BCUT2D eigenvalue weighted by Crippen LogP contribution is 2.44. The second-order valence-corrected chi connectivity index (χ2v) is 24.7. The maximum Gasteiger partial charge on any atom is 0.0541 e. The van der Waals surface area contributed by atoms with E-state index in [1.165, 1.54) is 127 Å². The first-order valence-electron chi connectivity index (χ1n) is 25.9. The smallest absolute Gasteiger partial charge is 0.0541 e. The maximum atomic E-state index is 2.59. The highest BCUT2D eigenvalue weighted by atomic mass is 15.0. The van der Waals surface area contributed by atoms with Crippen molar-refractivity contribution in [2.24, 2.45) is 0 Å². The molecule has 3 aromatic heterocycles. The molecule has 2 aliphatic carbocycles. The van der Waals surface area contributed by atoms with Crippen LogP contribution >= 0.6 is 0 Å². The van der Waals surface area contributed by atoms with Gasteiger partial charge in [-0.15, -0.1) is 0 Å². The van der Waals surface area contributed by atoms with Crippen molar-refractivity contribution in [3.63, 3.8) is 0 Å². The lowest BCUT2D eigenvalue weighted by atomic mass is 9.85. The van der Waals surface area contributed by atoms with E-state index in [1.807, 2.05) is 0 Å². The first-order chi connectivity index (χ1) is 33.7. The Morgan fingerprint density at radius 3 is 1.06 bits per heavy atom. The van der Waals surface area contributed by atoms with Crippen LogP contribution in [0.25, 0.3) is 94.4 Å². The number of benzene rings is 7. The van der Waals surface area contributed by atoms with Crippen LogP contribution in [-0.4, -0.2) is 13.7 Å². The Hall–Kier alpha value is -7.10. The Kier molecular flexibility index (Phi) is 9.96. The quantitative estimate of drug-likeness (QED) is 0.157. The SMILES string of the molecule is CC(C)(C)c1ccc2c(c1)c1cc(C(C)(C)C)ccc1n2C1=Cc2c(c3c(n2-c2ccc4cc5ccccc5cc4c2)C=C(n2c4ccc(C(C)(C)C)cc4c4cc(C(C)(C)C)ccc42)C=CC3)CC=C1. The van der Waals surface area contributed by atoms with E-state index in [9.17, 15) is 0 Å². The highest BCUT2D eigenvalue weighted by Gasteiger charge is 2.28. The molecule has 12 rings (SSSR count). The minimum atomic E-state index is 0.0240. The van der Waals surface area contributed by atoms with E-state index in [0.29, 0.717) is 0 Å². The van der Waals surface area contributed by atoms with Gasteiger partial charge in [-0.2, -0.15) is 0 Å². The molecule has 3 heteroatoms. The van der Waals surface area contributed by atoms with E-state index in [1.54, 1.807) is 0 Å². The van der Waals surface area contributed by atoms with Crippen LogP contribution in [0.5, 0.6) is 0 Å². The van der Waals surface area contributed by atoms with E-state index < -0.39 is 0 Å². The van der Waals surface area contributed by atoms with Gasteiger partial charge in [0.2, 0.25) is 0 Å². The minimum Gasteiger partial charge on any atom is -0.310 e. The molecule has 0 radical (unpaired) electrons. The molecule has 0 spiro atoms. The zero-order chi connectivity index (χ0) is 49.5. The summed E-state index contributed by atoms with van der Waals surface area (Å²) in [5, 5.41) is 10.2. The van der Waals surface area contributed by atoms with E-state index in [4.69, 9.17) is 0 Å². The standard InChI is InChI=1S/C68H67N3/c1-65(2,3)46-24-29-59-55(36-46)56-37-47(66(4,5)6)25-30-60(56)69(59)50-19-15-21-53-54-22-16-20-51(70-61-31-26-48(67(7,8)9)38-57(61)58-39-49(68(10,11)12)27-32-62(58)70)41-64(54)71(63(53)40-50)52-28-23-44-33-42-17-13-14-18-43(42)34-45(44)35-52/h13-20,23-41H,21-22H2,1-12H3. The van der Waals surface area contributed by atoms with Crippen LogP contribution in [0.4, 0.5) is 0 Å². The zero-order valence-electron chi connectivity index (χ0n) is 43.8. The van der Waals surface area contributed by atoms with Gasteiger partial charge in [0.25, 0.3) is 0 Å². The van der Waals surface area contributed by atoms with Gasteiger partial charge in [0.1, 0.15) is 0 Å². The number of fused-ring (bicyclic) bond motifs is 11. The lowest BCUT2D eigenvalue weighted by molar-refractivity contribution is 0.590. The summed E-state index contributed by atoms with van der Waals surface area (Å²) >= 11 is 0. The van der Waals surface area contributed by atoms with E-state index >= 15 is 0 Å². The molecule has 3 heterocycles. The lowest BCUT2D eigenvalue weighted by Gasteiger charge is -2.19. The lowest BCUT2D eigenvalue weighted by Crippen LogP contribution is -2.10. The Morgan fingerprint density at radius 2 is 0.690 bits per heavy atom. The molecule has 0 unspecified atom stereocenters. The van der Waals surface area contributed by atoms with Crippen molar-refractivity contribution in [2.75, 3.05) is 0 Å². The number of aromatic nitrogens is 3. The average Bonchev–Trinajstić information content (AvgIpc) is 3.76. The molecule has 7 aromatic carbocycles. The molecule has 0 N–H and O–H groups in total. The number of rotatable bonds is 3. The van der Waals surface area contributed by atoms with E-state index in [2.05, 4.69) is 261 Å². The summed E-state index contributed by atoms with van der Waals surface area (Å²) in [6.07, 6.45) is 16.2. The summed E-state index contributed by atoms with van der Waals surface area (Å²) in [4.78, 5) is 0. The molecule has 0 fully saturated rings. The predicted molar refractivity (Wildman–Crippen MR) is 308 cm³/mol. The molecule has 10 aromatic rings. The fraction of sp³-hybridized carbons (Fsp3) is 0.265. The van der Waals surface area contributed by atoms with Crippen LogP contribution in [0, 0.1) is 0 Å². The van der Waals surface area contributed by atoms with Gasteiger partial charge in [-0.3, -0.25) is 0 Å². The molecule has 71 heavy (non-hydrogen) atoms. The molecule has 0 atom stereocenters. The average molecular weight is 926 g/mol. The largest absolute Gasteiger partial charge is 0.310 e. The van der Waals surface area contributed by atoms with Gasteiger partial charge in [0.15, 0.2) is 0 Å². The van der Waals surface area contributed by atoms with Crippen molar-refractivity contribution < 1.29 is 0 Å². The summed E-state index contributed by atoms with van der Waals surface area (Å²) in [7, 11) is 0. The fourth-order valence-corrected chi connectivity index (χ4v) is 11.5. The third kappa shape index (κ3) is 7.45. The second kappa shape index (κ2) is 15.7. The van der Waals surface area contributed by atoms with Gasteiger partial charge in [-0.25, -0.2) is 0 Å². The summed E-state index contributed by atoms with van der Waals surface area (Å²) in [6.45, 7) is 27.9.